The van der Waals surface area contributed by atoms with E-state index in [0.29, 0.717) is 22.3 Å². The minimum Gasteiger partial charge on any atom is -0.489 e. The third kappa shape index (κ3) is 6.68. The third-order valence-corrected chi connectivity index (χ3v) is 3.22. The van der Waals surface area contributed by atoms with Crippen molar-refractivity contribution in [3.8, 4) is 5.75 Å². The van der Waals surface area contributed by atoms with Crippen molar-refractivity contribution in [2.24, 2.45) is 0 Å². The molecule has 0 aliphatic rings. The molecular weight excluding hydrogens is 309 g/mol. The molecule has 1 aromatic rings. The molecule has 6 heteroatoms. The van der Waals surface area contributed by atoms with Crippen molar-refractivity contribution in [2.45, 2.75) is 20.0 Å². The molecule has 3 nitrogen and oxygen atoms in total. The van der Waals surface area contributed by atoms with Crippen molar-refractivity contribution in [3.63, 3.8) is 0 Å². The van der Waals surface area contributed by atoms with Gasteiger partial charge in [-0.15, -0.1) is 12.4 Å². The zero-order valence-corrected chi connectivity index (χ0v) is 13.4. The lowest BCUT2D eigenvalue weighted by Crippen LogP contribution is -2.35. The zero-order valence-electron chi connectivity index (χ0n) is 11.1. The molecule has 0 radical (unpaired) electrons. The molecule has 0 amide bonds. The summed E-state index contributed by atoms with van der Waals surface area (Å²) in [6.07, 6.45) is -0.531. The largest absolute Gasteiger partial charge is 0.489 e. The van der Waals surface area contributed by atoms with Gasteiger partial charge in [0.2, 0.25) is 0 Å². The molecule has 0 bridgehead atoms. The minimum absolute atomic E-state index is 0. The van der Waals surface area contributed by atoms with Gasteiger partial charge < -0.3 is 14.7 Å². The average molecular weight is 329 g/mol. The highest BCUT2D eigenvalue weighted by Crippen LogP contribution is 2.27. The molecule has 1 N–H and O–H groups in total. The lowest BCUT2D eigenvalue weighted by molar-refractivity contribution is 0.0717. The Morgan fingerprint density at radius 2 is 1.89 bits per heavy atom. The fourth-order valence-electron chi connectivity index (χ4n) is 1.61. The van der Waals surface area contributed by atoms with E-state index in [2.05, 4.69) is 18.7 Å². The van der Waals surface area contributed by atoms with E-state index in [1.165, 1.54) is 0 Å². The Bertz CT molecular complexity index is 373. The van der Waals surface area contributed by atoms with Crippen molar-refractivity contribution in [2.75, 3.05) is 26.2 Å². The lowest BCUT2D eigenvalue weighted by Gasteiger charge is -2.22. The predicted molar refractivity (Wildman–Crippen MR) is 83.0 cm³/mol. The fraction of sp³-hybridized carbons (Fsp3) is 0.538. The number of aliphatic hydroxyl groups is 1. The summed E-state index contributed by atoms with van der Waals surface area (Å²) < 4.78 is 5.48. The van der Waals surface area contributed by atoms with Crippen LogP contribution in [0.4, 0.5) is 0 Å². The van der Waals surface area contributed by atoms with E-state index < -0.39 is 6.10 Å². The van der Waals surface area contributed by atoms with Crippen molar-refractivity contribution in [3.05, 3.63) is 28.2 Å². The van der Waals surface area contributed by atoms with Crippen LogP contribution < -0.4 is 4.74 Å². The van der Waals surface area contributed by atoms with Crippen LogP contribution in [-0.2, 0) is 0 Å². The Morgan fingerprint density at radius 3 is 2.42 bits per heavy atom. The second-order valence-electron chi connectivity index (χ2n) is 4.03. The third-order valence-electron chi connectivity index (χ3n) is 2.69. The first kappa shape index (κ1) is 18.8. The second-order valence-corrected chi connectivity index (χ2v) is 4.87. The number of ether oxygens (including phenoxy) is 1. The molecule has 0 saturated heterocycles. The normalized spacial score (nSPS) is 12.1. The topological polar surface area (TPSA) is 32.7 Å². The van der Waals surface area contributed by atoms with Gasteiger partial charge in [0, 0.05) is 11.6 Å². The summed E-state index contributed by atoms with van der Waals surface area (Å²) in [6.45, 7) is 6.76. The van der Waals surface area contributed by atoms with Crippen molar-refractivity contribution < 1.29 is 9.84 Å². The molecule has 19 heavy (non-hydrogen) atoms. The van der Waals surface area contributed by atoms with Crippen LogP contribution in [0.5, 0.6) is 5.75 Å². The molecule has 1 atom stereocenters. The van der Waals surface area contributed by atoms with Gasteiger partial charge in [0.1, 0.15) is 18.5 Å². The molecule has 0 heterocycles. The highest BCUT2D eigenvalue weighted by molar-refractivity contribution is 6.35. The summed E-state index contributed by atoms with van der Waals surface area (Å²) in [5.74, 6) is 0.541. The second kappa shape index (κ2) is 9.67. The Balaban J connectivity index is 0.00000324. The van der Waals surface area contributed by atoms with E-state index in [1.807, 2.05) is 0 Å². The van der Waals surface area contributed by atoms with Crippen LogP contribution in [0.3, 0.4) is 0 Å². The van der Waals surface area contributed by atoms with E-state index >= 15 is 0 Å². The number of halogens is 3. The van der Waals surface area contributed by atoms with Gasteiger partial charge in [-0.25, -0.2) is 0 Å². The van der Waals surface area contributed by atoms with Gasteiger partial charge in [0.05, 0.1) is 5.02 Å². The monoisotopic (exact) mass is 327 g/mol. The van der Waals surface area contributed by atoms with Crippen LogP contribution in [0.25, 0.3) is 0 Å². The maximum atomic E-state index is 9.85. The summed E-state index contributed by atoms with van der Waals surface area (Å²) in [5, 5.41) is 10.9. The van der Waals surface area contributed by atoms with Crippen LogP contribution in [0.15, 0.2) is 18.2 Å². The number of benzene rings is 1. The molecule has 1 aromatic carbocycles. The Morgan fingerprint density at radius 1 is 1.26 bits per heavy atom. The van der Waals surface area contributed by atoms with Crippen molar-refractivity contribution in [1.82, 2.24) is 4.90 Å². The number of hydrogen-bond acceptors (Lipinski definition) is 3. The van der Waals surface area contributed by atoms with Gasteiger partial charge in [0.25, 0.3) is 0 Å². The van der Waals surface area contributed by atoms with Crippen LogP contribution in [0.2, 0.25) is 10.0 Å². The summed E-state index contributed by atoms with van der Waals surface area (Å²) in [5.41, 5.74) is 0. The summed E-state index contributed by atoms with van der Waals surface area (Å²) in [6, 6.07) is 5.03. The van der Waals surface area contributed by atoms with Gasteiger partial charge >= 0.3 is 0 Å². The number of hydrogen-bond donors (Lipinski definition) is 1. The standard InChI is InChI=1S/C13H19Cl2NO2.ClH/c1-3-16(4-2)8-11(17)9-18-13-6-5-10(14)7-12(13)15;/h5-7,11,17H,3-4,8-9H2,1-2H3;1H. The highest BCUT2D eigenvalue weighted by Gasteiger charge is 2.11. The van der Waals surface area contributed by atoms with E-state index in [9.17, 15) is 5.11 Å². The Kier molecular flexibility index (Phi) is 9.58. The zero-order chi connectivity index (χ0) is 13.5. The fourth-order valence-corrected chi connectivity index (χ4v) is 2.07. The smallest absolute Gasteiger partial charge is 0.138 e. The maximum Gasteiger partial charge on any atom is 0.138 e. The summed E-state index contributed by atoms with van der Waals surface area (Å²) in [7, 11) is 0. The van der Waals surface area contributed by atoms with Gasteiger partial charge in [-0.1, -0.05) is 37.0 Å². The number of likely N-dealkylation sites (N-methyl/N-ethyl adjacent to an activating group) is 1. The molecule has 1 rings (SSSR count). The van der Waals surface area contributed by atoms with Crippen molar-refractivity contribution in [1.29, 1.82) is 0 Å². The first-order valence-electron chi connectivity index (χ1n) is 6.05. The molecule has 0 fully saturated rings. The highest BCUT2D eigenvalue weighted by atomic mass is 35.5. The molecule has 0 spiro atoms. The summed E-state index contributed by atoms with van der Waals surface area (Å²) in [4.78, 5) is 2.14. The molecule has 0 saturated carbocycles. The number of aliphatic hydroxyl groups excluding tert-OH is 1. The summed E-state index contributed by atoms with van der Waals surface area (Å²) >= 11 is 11.8. The first-order chi connectivity index (χ1) is 8.56. The molecule has 0 aliphatic heterocycles. The van der Waals surface area contributed by atoms with Gasteiger partial charge in [-0.3, -0.25) is 0 Å². The van der Waals surface area contributed by atoms with E-state index in [0.717, 1.165) is 13.1 Å². The van der Waals surface area contributed by atoms with E-state index in [4.69, 9.17) is 27.9 Å². The first-order valence-corrected chi connectivity index (χ1v) is 6.80. The van der Waals surface area contributed by atoms with Gasteiger partial charge in [-0.05, 0) is 31.3 Å². The Hall–Kier alpha value is -0.190. The quantitative estimate of drug-likeness (QED) is 0.831. The predicted octanol–water partition coefficient (Wildman–Crippen LogP) is 3.50. The number of nitrogens with zero attached hydrogens (tertiary/aromatic N) is 1. The molecular formula is C13H20Cl3NO2. The Labute approximate surface area is 130 Å². The number of rotatable bonds is 7. The lowest BCUT2D eigenvalue weighted by atomic mass is 10.3. The van der Waals surface area contributed by atoms with Crippen LogP contribution in [-0.4, -0.2) is 42.4 Å². The van der Waals surface area contributed by atoms with E-state index in [-0.39, 0.29) is 19.0 Å². The minimum atomic E-state index is -0.531. The van der Waals surface area contributed by atoms with Crippen LogP contribution >= 0.6 is 35.6 Å². The maximum absolute atomic E-state index is 9.85. The molecule has 0 aliphatic carbocycles. The van der Waals surface area contributed by atoms with Gasteiger partial charge in [-0.2, -0.15) is 0 Å². The average Bonchev–Trinajstić information content (AvgIpc) is 2.35. The van der Waals surface area contributed by atoms with Crippen LogP contribution in [0, 0.1) is 0 Å². The van der Waals surface area contributed by atoms with E-state index in [1.54, 1.807) is 18.2 Å². The SMILES string of the molecule is CCN(CC)CC(O)COc1ccc(Cl)cc1Cl.Cl. The molecule has 1 unspecified atom stereocenters. The molecule has 0 aromatic heterocycles. The van der Waals surface area contributed by atoms with Crippen molar-refractivity contribution >= 4 is 35.6 Å². The van der Waals surface area contributed by atoms with Crippen LogP contribution in [0.1, 0.15) is 13.8 Å². The van der Waals surface area contributed by atoms with Gasteiger partial charge in [0.15, 0.2) is 0 Å². The molecule has 110 valence electrons.